The Kier molecular flexibility index (Phi) is 10.4. The number of carbonyl (C=O) groups is 1. The fourth-order valence-corrected chi connectivity index (χ4v) is 4.95. The predicted molar refractivity (Wildman–Crippen MR) is 162 cm³/mol. The van der Waals surface area contributed by atoms with Crippen LogP contribution in [0.4, 0.5) is 10.1 Å². The van der Waals surface area contributed by atoms with Crippen LogP contribution < -0.4 is 10.9 Å². The minimum absolute atomic E-state index is 0.0894. The van der Waals surface area contributed by atoms with Crippen molar-refractivity contribution in [3.8, 4) is 5.69 Å². The second kappa shape index (κ2) is 13.5. The van der Waals surface area contributed by atoms with Gasteiger partial charge in [-0.15, -0.1) is 0 Å². The zero-order valence-corrected chi connectivity index (χ0v) is 24.8. The van der Waals surface area contributed by atoms with E-state index in [4.69, 9.17) is 0 Å². The molecule has 0 radical (unpaired) electrons. The number of aryl methyl sites for hydroxylation is 1. The summed E-state index contributed by atoms with van der Waals surface area (Å²) >= 11 is 0. The highest BCUT2D eigenvalue weighted by atomic mass is 19.1. The van der Waals surface area contributed by atoms with Gasteiger partial charge in [-0.3, -0.25) is 24.0 Å². The van der Waals surface area contributed by atoms with Crippen molar-refractivity contribution in [1.29, 1.82) is 0 Å². The normalized spacial score (nSPS) is 15.2. The minimum atomic E-state index is -1.40. The number of nitrogens with one attached hydrogen (secondary N) is 1. The summed E-state index contributed by atoms with van der Waals surface area (Å²) in [7, 11) is 5.19. The number of likely N-dealkylation sites (tertiary alicyclic amines) is 1. The van der Waals surface area contributed by atoms with Gasteiger partial charge in [0.05, 0.1) is 5.69 Å². The second-order valence-corrected chi connectivity index (χ2v) is 10.2. The van der Waals surface area contributed by atoms with Gasteiger partial charge in [-0.2, -0.15) is 0 Å². The fourth-order valence-electron chi connectivity index (χ4n) is 4.95. The molecule has 0 saturated carbocycles. The number of nitrogens with zero attached hydrogens (tertiary/aromatic N) is 4. The Labute approximate surface area is 237 Å². The summed E-state index contributed by atoms with van der Waals surface area (Å²) in [5.74, 6) is -0.0894. The standard InChI is InChI=1S/C30H36FN5O2.C2H6/c1-21(18-26-22(2)33-14-10-27(26)36-15-11-25(32-3)19-28(36)37)20-35-16-12-30(31,13-17-35)24-8-6-23(7-9-24)29(38)34(4)5;1-2/h6-11,14-15,18-19,32H,12-13,16-17,20H2,1-5H3;1-2H3/b21-18+;. The van der Waals surface area contributed by atoms with Gasteiger partial charge in [0.25, 0.3) is 11.5 Å². The average Bonchev–Trinajstić information content (AvgIpc) is 2.96. The Hall–Kier alpha value is -3.78. The molecule has 0 atom stereocenters. The summed E-state index contributed by atoms with van der Waals surface area (Å²) in [4.78, 5) is 33.1. The third-order valence-corrected chi connectivity index (χ3v) is 7.20. The fraction of sp³-hybridized carbons (Fsp3) is 0.406. The van der Waals surface area contributed by atoms with Gasteiger partial charge in [-0.1, -0.05) is 37.6 Å². The molecular weight excluding hydrogens is 505 g/mol. The molecular formula is C32H42FN5O2. The number of carbonyl (C=O) groups excluding carboxylic acids is 1. The molecule has 3 aromatic rings. The molecule has 0 bridgehead atoms. The number of hydrogen-bond donors (Lipinski definition) is 1. The highest BCUT2D eigenvalue weighted by molar-refractivity contribution is 5.93. The number of benzene rings is 1. The average molecular weight is 548 g/mol. The number of rotatable bonds is 7. The lowest BCUT2D eigenvalue weighted by molar-refractivity contribution is 0.0601. The lowest BCUT2D eigenvalue weighted by Gasteiger charge is -2.37. The zero-order chi connectivity index (χ0) is 29.4. The molecule has 1 aliphatic heterocycles. The molecule has 7 nitrogen and oxygen atoms in total. The molecule has 214 valence electrons. The van der Waals surface area contributed by atoms with Gasteiger partial charge in [0.15, 0.2) is 0 Å². The number of piperidine rings is 1. The van der Waals surface area contributed by atoms with Crippen LogP contribution in [-0.2, 0) is 5.67 Å². The summed E-state index contributed by atoms with van der Waals surface area (Å²) in [6.07, 6.45) is 6.35. The van der Waals surface area contributed by atoms with Gasteiger partial charge in [0, 0.05) is 81.7 Å². The van der Waals surface area contributed by atoms with E-state index in [-0.39, 0.29) is 11.5 Å². The van der Waals surface area contributed by atoms with E-state index in [1.165, 1.54) is 4.90 Å². The molecule has 1 N–H and O–H groups in total. The van der Waals surface area contributed by atoms with Crippen molar-refractivity contribution >= 4 is 17.7 Å². The van der Waals surface area contributed by atoms with Gasteiger partial charge >= 0.3 is 0 Å². The van der Waals surface area contributed by atoms with Crippen LogP contribution in [-0.4, -0.2) is 66.0 Å². The quantitative estimate of drug-likeness (QED) is 0.413. The van der Waals surface area contributed by atoms with Gasteiger partial charge in [-0.05, 0) is 56.5 Å². The Morgan fingerprint density at radius 1 is 1.12 bits per heavy atom. The summed E-state index contributed by atoms with van der Waals surface area (Å²) in [5, 5.41) is 2.99. The molecule has 3 heterocycles. The Morgan fingerprint density at radius 2 is 1.77 bits per heavy atom. The summed E-state index contributed by atoms with van der Waals surface area (Å²) in [6.45, 7) is 9.95. The molecule has 40 heavy (non-hydrogen) atoms. The van der Waals surface area contributed by atoms with Crippen molar-refractivity contribution in [2.45, 2.75) is 46.2 Å². The Bertz CT molecular complexity index is 1390. The van der Waals surface area contributed by atoms with Crippen molar-refractivity contribution in [3.63, 3.8) is 0 Å². The van der Waals surface area contributed by atoms with Crippen molar-refractivity contribution in [3.05, 3.63) is 93.2 Å². The largest absolute Gasteiger partial charge is 0.388 e. The molecule has 0 aliphatic carbocycles. The van der Waals surface area contributed by atoms with Crippen molar-refractivity contribution in [2.75, 3.05) is 46.1 Å². The van der Waals surface area contributed by atoms with Gasteiger partial charge < -0.3 is 10.2 Å². The second-order valence-electron chi connectivity index (χ2n) is 10.2. The van der Waals surface area contributed by atoms with Gasteiger partial charge in [-0.25, -0.2) is 4.39 Å². The maximum Gasteiger partial charge on any atom is 0.257 e. The molecule has 2 aromatic heterocycles. The number of alkyl halides is 1. The zero-order valence-electron chi connectivity index (χ0n) is 24.8. The maximum atomic E-state index is 15.9. The van der Waals surface area contributed by atoms with Crippen LogP contribution in [0.1, 0.15) is 60.8 Å². The smallest absolute Gasteiger partial charge is 0.257 e. The highest BCUT2D eigenvalue weighted by Crippen LogP contribution is 2.37. The summed E-state index contributed by atoms with van der Waals surface area (Å²) < 4.78 is 17.5. The van der Waals surface area contributed by atoms with Crippen LogP contribution in [0.3, 0.4) is 0 Å². The number of aromatic nitrogens is 2. The van der Waals surface area contributed by atoms with E-state index in [9.17, 15) is 9.59 Å². The molecule has 1 fully saturated rings. The van der Waals surface area contributed by atoms with E-state index in [0.717, 1.165) is 28.2 Å². The number of pyridine rings is 2. The van der Waals surface area contributed by atoms with Crippen molar-refractivity contribution in [1.82, 2.24) is 19.4 Å². The maximum absolute atomic E-state index is 15.9. The Morgan fingerprint density at radius 3 is 2.35 bits per heavy atom. The summed E-state index contributed by atoms with van der Waals surface area (Å²) in [6, 6.07) is 12.2. The molecule has 1 aliphatic rings. The molecule has 0 spiro atoms. The monoisotopic (exact) mass is 547 g/mol. The van der Waals surface area contributed by atoms with Crippen molar-refractivity contribution in [2.24, 2.45) is 0 Å². The van der Waals surface area contributed by atoms with E-state index < -0.39 is 5.67 Å². The van der Waals surface area contributed by atoms with Crippen LogP contribution >= 0.6 is 0 Å². The van der Waals surface area contributed by atoms with Gasteiger partial charge in [0.2, 0.25) is 0 Å². The molecule has 0 unspecified atom stereocenters. The molecule has 1 aromatic carbocycles. The number of anilines is 1. The van der Waals surface area contributed by atoms with Crippen LogP contribution in [0, 0.1) is 6.92 Å². The van der Waals surface area contributed by atoms with E-state index in [1.807, 2.05) is 32.9 Å². The highest BCUT2D eigenvalue weighted by Gasteiger charge is 2.36. The van der Waals surface area contributed by atoms with E-state index in [2.05, 4.69) is 28.2 Å². The third-order valence-electron chi connectivity index (χ3n) is 7.20. The van der Waals surface area contributed by atoms with E-state index in [0.29, 0.717) is 43.6 Å². The SMILES string of the molecule is CC.CNc1ccn(-c2ccnc(C)c2/C=C(\C)CN2CCC(F)(c3ccc(C(=O)N(C)C)cc3)CC2)c(=O)c1. The molecule has 1 saturated heterocycles. The predicted octanol–water partition coefficient (Wildman–Crippen LogP) is 5.67. The van der Waals surface area contributed by atoms with Crippen LogP contribution in [0.15, 0.2) is 65.2 Å². The first kappa shape index (κ1) is 30.8. The first-order valence-electron chi connectivity index (χ1n) is 13.9. The van der Waals surface area contributed by atoms with Crippen LogP contribution in [0.2, 0.25) is 0 Å². The Balaban J connectivity index is 0.00000216. The lowest BCUT2D eigenvalue weighted by atomic mass is 9.85. The molecule has 8 heteroatoms. The van der Waals surface area contributed by atoms with Crippen molar-refractivity contribution < 1.29 is 9.18 Å². The van der Waals surface area contributed by atoms with Crippen LogP contribution in [0.5, 0.6) is 0 Å². The third kappa shape index (κ3) is 7.04. The lowest BCUT2D eigenvalue weighted by Crippen LogP contribution is -2.40. The molecule has 4 rings (SSSR count). The number of halogens is 1. The minimum Gasteiger partial charge on any atom is -0.388 e. The number of hydrogen-bond acceptors (Lipinski definition) is 5. The number of amides is 1. The first-order valence-corrected chi connectivity index (χ1v) is 13.9. The van der Waals surface area contributed by atoms with E-state index in [1.54, 1.807) is 68.4 Å². The topological polar surface area (TPSA) is 70.5 Å². The molecule has 1 amide bonds. The summed E-state index contributed by atoms with van der Waals surface area (Å²) in [5.41, 5.74) is 4.05. The van der Waals surface area contributed by atoms with Crippen LogP contribution in [0.25, 0.3) is 11.8 Å². The van der Waals surface area contributed by atoms with E-state index >= 15 is 4.39 Å². The first-order chi connectivity index (χ1) is 19.1. The van der Waals surface area contributed by atoms with Gasteiger partial charge in [0.1, 0.15) is 5.67 Å².